The van der Waals surface area contributed by atoms with Crippen molar-refractivity contribution >= 4 is 23.7 Å². The molecule has 0 aliphatic carbocycles. The number of carboxylic acid groups (broad SMARTS) is 3. The second-order valence-electron chi connectivity index (χ2n) is 9.13. The van der Waals surface area contributed by atoms with E-state index in [-0.39, 0.29) is 0 Å². The van der Waals surface area contributed by atoms with Gasteiger partial charge in [0.1, 0.15) is 12.4 Å². The van der Waals surface area contributed by atoms with Crippen LogP contribution in [0.1, 0.15) is 11.1 Å². The number of nitrogens with one attached hydrogen (secondary N) is 1. The Bertz CT molecular complexity index is 1200. The Labute approximate surface area is 255 Å². The van der Waals surface area contributed by atoms with Gasteiger partial charge >= 0.3 is 36.4 Å². The third-order valence-electron chi connectivity index (χ3n) is 5.74. The van der Waals surface area contributed by atoms with E-state index in [0.717, 1.165) is 69.5 Å². The van der Waals surface area contributed by atoms with Gasteiger partial charge in [0, 0.05) is 51.4 Å². The maximum atomic E-state index is 10.6. The van der Waals surface area contributed by atoms with Crippen LogP contribution in [0.5, 0.6) is 5.88 Å². The van der Waals surface area contributed by atoms with Crippen molar-refractivity contribution in [1.29, 1.82) is 0 Å². The first-order chi connectivity index (χ1) is 21.2. The topological polar surface area (TPSA) is 153 Å². The zero-order chi connectivity index (χ0) is 35.1. The monoisotopic (exact) mass is 680 g/mol. The molecule has 0 spiro atoms. The molecule has 2 aliphatic heterocycles. The van der Waals surface area contributed by atoms with E-state index in [1.165, 1.54) is 5.56 Å². The number of nitrogens with zero attached hydrogens (tertiary/aromatic N) is 3. The molecule has 4 N–H and O–H groups in total. The fraction of sp³-hybridized carbons (Fsp3) is 0.462. The number of anilines is 1. The van der Waals surface area contributed by atoms with E-state index < -0.39 is 36.4 Å². The first kappa shape index (κ1) is 39.7. The van der Waals surface area contributed by atoms with Crippen LogP contribution < -0.4 is 15.0 Å². The standard InChI is InChI=1S/C20H26N4O.3C2HF3O2/c1-2-4-17(5-3-1)8-10-23-11-13-24(14-12-23)19-7-6-18-16-21-9-15-25-20(18)22-19;3*3-2(4,5)1(6)7/h1-7,21H,8-16H2;3*(H,6,7). The van der Waals surface area contributed by atoms with Crippen molar-refractivity contribution < 1.29 is 74.0 Å². The summed E-state index contributed by atoms with van der Waals surface area (Å²) in [5, 5.41) is 24.7. The Morgan fingerprint density at radius 2 is 1.24 bits per heavy atom. The molecule has 258 valence electrons. The number of piperazine rings is 1. The van der Waals surface area contributed by atoms with Crippen molar-refractivity contribution in [2.75, 3.05) is 50.8 Å². The molecule has 0 atom stereocenters. The predicted molar refractivity (Wildman–Crippen MR) is 141 cm³/mol. The molecule has 1 aromatic heterocycles. The van der Waals surface area contributed by atoms with Gasteiger partial charge in [-0.1, -0.05) is 30.3 Å². The number of pyridine rings is 1. The minimum absolute atomic E-state index is 0.691. The Morgan fingerprint density at radius 3 is 1.70 bits per heavy atom. The molecule has 1 fully saturated rings. The van der Waals surface area contributed by atoms with Crippen molar-refractivity contribution in [2.45, 2.75) is 31.5 Å². The molecule has 0 unspecified atom stereocenters. The number of alkyl halides is 9. The molecule has 20 heteroatoms. The van der Waals surface area contributed by atoms with Gasteiger partial charge in [-0.05, 0) is 24.1 Å². The van der Waals surface area contributed by atoms with Gasteiger partial charge in [0.2, 0.25) is 5.88 Å². The molecule has 11 nitrogen and oxygen atoms in total. The number of hydrogen-bond acceptors (Lipinski definition) is 8. The molecule has 4 rings (SSSR count). The van der Waals surface area contributed by atoms with E-state index in [1.54, 1.807) is 0 Å². The van der Waals surface area contributed by atoms with Gasteiger partial charge in [0.15, 0.2) is 0 Å². The van der Waals surface area contributed by atoms with Gasteiger partial charge in [0.05, 0.1) is 0 Å². The summed E-state index contributed by atoms with van der Waals surface area (Å²) in [4.78, 5) is 36.4. The lowest BCUT2D eigenvalue weighted by Gasteiger charge is -2.35. The number of rotatable bonds is 4. The van der Waals surface area contributed by atoms with Crippen LogP contribution in [-0.2, 0) is 27.3 Å². The van der Waals surface area contributed by atoms with Crippen molar-refractivity contribution in [1.82, 2.24) is 15.2 Å². The highest BCUT2D eigenvalue weighted by Crippen LogP contribution is 2.23. The Hall–Kier alpha value is -4.33. The predicted octanol–water partition coefficient (Wildman–Crippen LogP) is 3.83. The molecule has 46 heavy (non-hydrogen) atoms. The van der Waals surface area contributed by atoms with E-state index in [1.807, 2.05) is 0 Å². The second-order valence-corrected chi connectivity index (χ2v) is 9.13. The summed E-state index contributed by atoms with van der Waals surface area (Å²) >= 11 is 0. The highest BCUT2D eigenvalue weighted by atomic mass is 19.4. The number of aliphatic carboxylic acids is 3. The summed E-state index contributed by atoms with van der Waals surface area (Å²) < 4.78 is 101. The van der Waals surface area contributed by atoms with Crippen LogP contribution in [0.25, 0.3) is 0 Å². The fourth-order valence-electron chi connectivity index (χ4n) is 3.47. The number of carboxylic acids is 3. The Kier molecular flexibility index (Phi) is 15.5. The first-order valence-corrected chi connectivity index (χ1v) is 13.0. The summed E-state index contributed by atoms with van der Waals surface area (Å²) in [7, 11) is 0. The first-order valence-electron chi connectivity index (χ1n) is 13.0. The Balaban J connectivity index is 0.000000413. The van der Waals surface area contributed by atoms with Crippen LogP contribution >= 0.6 is 0 Å². The number of hydrogen-bond donors (Lipinski definition) is 4. The van der Waals surface area contributed by atoms with Crippen LogP contribution in [0.4, 0.5) is 45.3 Å². The zero-order valence-electron chi connectivity index (χ0n) is 23.6. The van der Waals surface area contributed by atoms with Gasteiger partial charge in [0.25, 0.3) is 0 Å². The smallest absolute Gasteiger partial charge is 0.476 e. The maximum Gasteiger partial charge on any atom is 0.490 e. The number of benzene rings is 1. The van der Waals surface area contributed by atoms with E-state index in [4.69, 9.17) is 39.4 Å². The maximum absolute atomic E-state index is 10.6. The largest absolute Gasteiger partial charge is 0.490 e. The lowest BCUT2D eigenvalue weighted by Crippen LogP contribution is -2.47. The van der Waals surface area contributed by atoms with Crippen LogP contribution in [0.2, 0.25) is 0 Å². The average Bonchev–Trinajstić information content (AvgIpc) is 3.21. The highest BCUT2D eigenvalue weighted by molar-refractivity contribution is 5.73. The lowest BCUT2D eigenvalue weighted by molar-refractivity contribution is -0.193. The fourth-order valence-corrected chi connectivity index (χ4v) is 3.47. The minimum atomic E-state index is -5.08. The van der Waals surface area contributed by atoms with Crippen LogP contribution in [-0.4, -0.2) is 108 Å². The van der Waals surface area contributed by atoms with E-state index in [9.17, 15) is 39.5 Å². The van der Waals surface area contributed by atoms with Crippen molar-refractivity contribution in [3.8, 4) is 5.88 Å². The van der Waals surface area contributed by atoms with Gasteiger partial charge in [-0.3, -0.25) is 4.90 Å². The van der Waals surface area contributed by atoms with Crippen molar-refractivity contribution in [3.63, 3.8) is 0 Å². The van der Waals surface area contributed by atoms with Gasteiger partial charge in [-0.25, -0.2) is 14.4 Å². The quantitative estimate of drug-likeness (QED) is 0.349. The molecular formula is C26H29F9N4O7. The molecule has 2 aromatic rings. The molecule has 1 saturated heterocycles. The van der Waals surface area contributed by atoms with E-state index in [2.05, 4.69) is 57.6 Å². The molecule has 3 heterocycles. The number of carbonyl (C=O) groups is 3. The molecule has 0 amide bonds. The molecule has 2 aliphatic rings. The SMILES string of the molecule is O=C(O)C(F)(F)F.O=C(O)C(F)(F)F.O=C(O)C(F)(F)F.c1ccc(CCN2CCN(c3ccc4c(n3)OCCNC4)CC2)cc1. The summed E-state index contributed by atoms with van der Waals surface area (Å²) in [6, 6.07) is 15.0. The molecular weight excluding hydrogens is 651 g/mol. The second kappa shape index (κ2) is 18.0. The Morgan fingerprint density at radius 1 is 0.761 bits per heavy atom. The number of ether oxygens (including phenoxy) is 1. The van der Waals surface area contributed by atoms with Gasteiger partial charge < -0.3 is 30.3 Å². The minimum Gasteiger partial charge on any atom is -0.476 e. The number of fused-ring (bicyclic) bond motifs is 1. The summed E-state index contributed by atoms with van der Waals surface area (Å²) in [5.74, 6) is -6.43. The van der Waals surface area contributed by atoms with Crippen molar-refractivity contribution in [2.24, 2.45) is 0 Å². The molecule has 1 aromatic carbocycles. The summed E-state index contributed by atoms with van der Waals surface area (Å²) in [6.07, 6.45) is -14.1. The number of halogens is 9. The molecule has 0 saturated carbocycles. The molecule has 0 bridgehead atoms. The van der Waals surface area contributed by atoms with E-state index in [0.29, 0.717) is 6.61 Å². The summed E-state index contributed by atoms with van der Waals surface area (Å²) in [5.41, 5.74) is 2.57. The van der Waals surface area contributed by atoms with Crippen LogP contribution in [0.15, 0.2) is 42.5 Å². The van der Waals surface area contributed by atoms with Gasteiger partial charge in [-0.15, -0.1) is 0 Å². The van der Waals surface area contributed by atoms with Gasteiger partial charge in [-0.2, -0.15) is 44.5 Å². The lowest BCUT2D eigenvalue weighted by atomic mass is 10.1. The highest BCUT2D eigenvalue weighted by Gasteiger charge is 2.39. The van der Waals surface area contributed by atoms with E-state index >= 15 is 0 Å². The average molecular weight is 681 g/mol. The van der Waals surface area contributed by atoms with Crippen LogP contribution in [0.3, 0.4) is 0 Å². The third kappa shape index (κ3) is 15.6. The third-order valence-corrected chi connectivity index (χ3v) is 5.74. The summed E-state index contributed by atoms with van der Waals surface area (Å²) in [6.45, 7) is 7.78. The van der Waals surface area contributed by atoms with Crippen molar-refractivity contribution in [3.05, 3.63) is 53.6 Å². The number of aromatic nitrogens is 1. The zero-order valence-corrected chi connectivity index (χ0v) is 23.6. The normalized spacial score (nSPS) is 15.1. The van der Waals surface area contributed by atoms with Crippen LogP contribution in [0, 0.1) is 0 Å². The molecule has 0 radical (unpaired) electrons.